The molecule has 0 saturated heterocycles. The van der Waals surface area contributed by atoms with Crippen molar-refractivity contribution in [2.45, 2.75) is 32.7 Å². The number of ether oxygens (including phenoxy) is 1. The first-order chi connectivity index (χ1) is 19.7. The van der Waals surface area contributed by atoms with Crippen LogP contribution < -0.4 is 15.4 Å². The molecule has 2 amide bonds. The number of amides is 2. The van der Waals surface area contributed by atoms with Crippen molar-refractivity contribution >= 4 is 50.0 Å². The van der Waals surface area contributed by atoms with E-state index in [4.69, 9.17) is 21.4 Å². The number of fused-ring (bicyclic) bond motifs is 3. The number of hydrogen-bond donors (Lipinski definition) is 3. The third-order valence-electron chi connectivity index (χ3n) is 6.53. The molecule has 6 aromatic rings. The van der Waals surface area contributed by atoms with Crippen LogP contribution in [0, 0.1) is 0 Å². The van der Waals surface area contributed by atoms with Crippen LogP contribution in [0.5, 0.6) is 17.2 Å². The molecule has 3 heterocycles. The lowest BCUT2D eigenvalue weighted by Crippen LogP contribution is -2.29. The third kappa shape index (κ3) is 5.44. The van der Waals surface area contributed by atoms with Gasteiger partial charge in [0.25, 0.3) is 0 Å². The Hall–Kier alpha value is -4.54. The lowest BCUT2D eigenvalue weighted by Gasteiger charge is -2.14. The number of hydrogen-bond acceptors (Lipinski definition) is 6. The van der Waals surface area contributed by atoms with Crippen molar-refractivity contribution in [1.29, 1.82) is 0 Å². The summed E-state index contributed by atoms with van der Waals surface area (Å²) in [4.78, 5) is 18.3. The fraction of sp³-hybridized carbons (Fsp3) is 0.167. The molecule has 0 aliphatic heterocycles. The van der Waals surface area contributed by atoms with Crippen LogP contribution in [0.1, 0.15) is 32.0 Å². The van der Waals surface area contributed by atoms with Gasteiger partial charge in [0, 0.05) is 42.0 Å². The molecular formula is C30H27ClN6O3S. The van der Waals surface area contributed by atoms with Crippen LogP contribution in [0.3, 0.4) is 0 Å². The number of nitrogens with zero attached hydrogens (tertiary/aromatic N) is 4. The maximum Gasteiger partial charge on any atom is 0.320 e. The highest BCUT2D eigenvalue weighted by Gasteiger charge is 2.22. The molecule has 0 aliphatic carbocycles. The second-order valence-corrected chi connectivity index (χ2v) is 12.0. The van der Waals surface area contributed by atoms with Gasteiger partial charge in [0.15, 0.2) is 4.96 Å². The summed E-state index contributed by atoms with van der Waals surface area (Å²) >= 11 is 7.74. The number of aromatic nitrogens is 4. The lowest BCUT2D eigenvalue weighted by molar-refractivity contribution is 0.251. The summed E-state index contributed by atoms with van der Waals surface area (Å²) in [5.74, 6) is 1.78. The van der Waals surface area contributed by atoms with E-state index in [1.165, 1.54) is 6.07 Å². The zero-order valence-corrected chi connectivity index (χ0v) is 24.1. The van der Waals surface area contributed by atoms with Crippen molar-refractivity contribution < 1.29 is 14.6 Å². The molecule has 0 fully saturated rings. The Bertz CT molecular complexity index is 1900. The van der Waals surface area contributed by atoms with E-state index < -0.39 is 6.03 Å². The molecule has 0 radical (unpaired) electrons. The zero-order valence-electron chi connectivity index (χ0n) is 22.6. The normalized spacial score (nSPS) is 11.7. The van der Waals surface area contributed by atoms with E-state index >= 15 is 0 Å². The minimum Gasteiger partial charge on any atom is -0.506 e. The number of halogens is 1. The van der Waals surface area contributed by atoms with Crippen molar-refractivity contribution in [3.63, 3.8) is 0 Å². The van der Waals surface area contributed by atoms with E-state index in [0.29, 0.717) is 23.0 Å². The number of thiazole rings is 1. The van der Waals surface area contributed by atoms with Gasteiger partial charge < -0.3 is 15.2 Å². The summed E-state index contributed by atoms with van der Waals surface area (Å²) in [5.41, 5.74) is 3.02. The molecule has 0 aliphatic rings. The maximum atomic E-state index is 13.0. The van der Waals surface area contributed by atoms with Crippen LogP contribution in [-0.4, -0.2) is 30.3 Å². The molecule has 0 unspecified atom stereocenters. The SMILES string of the molecule is CC(C)(C)c1cc(NC(=O)NCc2ccccc2Oc2ccc3c(c2)sc2nccn23)n(-c2ccc(O)c(Cl)c2)n1. The quantitative estimate of drug-likeness (QED) is 0.187. The summed E-state index contributed by atoms with van der Waals surface area (Å²) in [6, 6.07) is 19.7. The number of nitrogens with one attached hydrogen (secondary N) is 2. The minimum absolute atomic E-state index is 0.0303. The number of carbonyl (C=O) groups is 1. The molecule has 6 rings (SSSR count). The van der Waals surface area contributed by atoms with Gasteiger partial charge in [-0.3, -0.25) is 9.72 Å². The summed E-state index contributed by atoms with van der Waals surface area (Å²) in [6.07, 6.45) is 3.73. The van der Waals surface area contributed by atoms with Crippen LogP contribution in [-0.2, 0) is 12.0 Å². The first-order valence-corrected chi connectivity index (χ1v) is 14.1. The lowest BCUT2D eigenvalue weighted by atomic mass is 9.92. The number of aromatic hydroxyl groups is 1. The topological polar surface area (TPSA) is 106 Å². The minimum atomic E-state index is -0.408. The average molecular weight is 587 g/mol. The predicted octanol–water partition coefficient (Wildman–Crippen LogP) is 7.51. The van der Waals surface area contributed by atoms with Crippen LogP contribution in [0.4, 0.5) is 10.6 Å². The fourth-order valence-corrected chi connectivity index (χ4v) is 5.55. The maximum absolute atomic E-state index is 13.0. The zero-order chi connectivity index (χ0) is 28.7. The van der Waals surface area contributed by atoms with E-state index in [9.17, 15) is 9.90 Å². The number of carbonyl (C=O) groups excluding carboxylic acids is 1. The number of imidazole rings is 1. The van der Waals surface area contributed by atoms with E-state index in [-0.39, 0.29) is 22.7 Å². The number of anilines is 1. The number of phenolic OH excluding ortho intramolecular Hbond substituents is 1. The van der Waals surface area contributed by atoms with Crippen LogP contribution >= 0.6 is 22.9 Å². The first-order valence-electron chi connectivity index (χ1n) is 12.9. The average Bonchev–Trinajstić information content (AvgIpc) is 3.64. The number of para-hydroxylation sites is 1. The van der Waals surface area contributed by atoms with Gasteiger partial charge in [-0.15, -0.1) is 0 Å². The highest BCUT2D eigenvalue weighted by Crippen LogP contribution is 2.33. The predicted molar refractivity (Wildman–Crippen MR) is 162 cm³/mol. The molecule has 0 spiro atoms. The summed E-state index contributed by atoms with van der Waals surface area (Å²) in [5, 5.41) is 20.6. The summed E-state index contributed by atoms with van der Waals surface area (Å²) < 4.78 is 11.0. The molecular weight excluding hydrogens is 560 g/mol. The Balaban J connectivity index is 1.19. The second-order valence-electron chi connectivity index (χ2n) is 10.5. The number of urea groups is 1. The molecule has 0 atom stereocenters. The first kappa shape index (κ1) is 26.7. The second kappa shape index (κ2) is 10.5. The van der Waals surface area contributed by atoms with E-state index in [1.807, 2.05) is 79.9 Å². The van der Waals surface area contributed by atoms with Crippen molar-refractivity contribution in [2.75, 3.05) is 5.32 Å². The van der Waals surface area contributed by atoms with Gasteiger partial charge in [0.1, 0.15) is 23.1 Å². The molecule has 208 valence electrons. The van der Waals surface area contributed by atoms with Gasteiger partial charge in [0.2, 0.25) is 0 Å². The van der Waals surface area contributed by atoms with Crippen molar-refractivity contribution in [1.82, 2.24) is 24.5 Å². The third-order valence-corrected chi connectivity index (χ3v) is 7.87. The van der Waals surface area contributed by atoms with E-state index in [2.05, 4.69) is 15.6 Å². The number of benzene rings is 3. The molecule has 41 heavy (non-hydrogen) atoms. The molecule has 11 heteroatoms. The van der Waals surface area contributed by atoms with Gasteiger partial charge in [-0.05, 0) is 36.4 Å². The van der Waals surface area contributed by atoms with Crippen LogP contribution in [0.2, 0.25) is 5.02 Å². The van der Waals surface area contributed by atoms with Crippen LogP contribution in [0.25, 0.3) is 20.9 Å². The van der Waals surface area contributed by atoms with Gasteiger partial charge in [-0.1, -0.05) is 61.9 Å². The summed E-state index contributed by atoms with van der Waals surface area (Å²) in [7, 11) is 0. The van der Waals surface area contributed by atoms with E-state index in [0.717, 1.165) is 26.4 Å². The highest BCUT2D eigenvalue weighted by molar-refractivity contribution is 7.23. The van der Waals surface area contributed by atoms with Crippen molar-refractivity contribution in [3.05, 3.63) is 95.4 Å². The molecule has 3 N–H and O–H groups in total. The fourth-order valence-electron chi connectivity index (χ4n) is 4.36. The number of phenols is 1. The molecule has 3 aromatic heterocycles. The monoisotopic (exact) mass is 586 g/mol. The van der Waals surface area contributed by atoms with Gasteiger partial charge in [-0.2, -0.15) is 5.10 Å². The molecule has 3 aromatic carbocycles. The molecule has 9 nitrogen and oxygen atoms in total. The Morgan fingerprint density at radius 3 is 2.73 bits per heavy atom. The Labute approximate surface area is 245 Å². The Morgan fingerprint density at radius 1 is 1.10 bits per heavy atom. The Kier molecular flexibility index (Phi) is 6.80. The number of rotatable bonds is 6. The van der Waals surface area contributed by atoms with Crippen LogP contribution in [0.15, 0.2) is 79.1 Å². The van der Waals surface area contributed by atoms with E-state index in [1.54, 1.807) is 34.3 Å². The largest absolute Gasteiger partial charge is 0.506 e. The highest BCUT2D eigenvalue weighted by atomic mass is 35.5. The van der Waals surface area contributed by atoms with Crippen molar-refractivity contribution in [2.24, 2.45) is 0 Å². The summed E-state index contributed by atoms with van der Waals surface area (Å²) in [6.45, 7) is 6.36. The van der Waals surface area contributed by atoms with Gasteiger partial charge >= 0.3 is 6.03 Å². The Morgan fingerprint density at radius 2 is 1.93 bits per heavy atom. The smallest absolute Gasteiger partial charge is 0.320 e. The van der Waals surface area contributed by atoms with Crippen molar-refractivity contribution in [3.8, 4) is 22.9 Å². The molecule has 0 bridgehead atoms. The standard InChI is InChI=1S/C30H27ClN6O3S/c1-30(2,3)26-16-27(37(35-26)19-8-11-23(38)21(31)14-19)34-28(39)33-17-18-6-4-5-7-24(18)40-20-9-10-22-25(15-20)41-29-32-12-13-36(22)29/h4-16,38H,17H2,1-3H3,(H2,33,34,39). The molecule has 0 saturated carbocycles. The van der Waals surface area contributed by atoms with Gasteiger partial charge in [-0.25, -0.2) is 14.5 Å². The van der Waals surface area contributed by atoms with Gasteiger partial charge in [0.05, 0.1) is 26.6 Å².